The van der Waals surface area contributed by atoms with Crippen LogP contribution in [0.2, 0.25) is 1.41 Å². The van der Waals surface area contributed by atoms with E-state index in [2.05, 4.69) is 17.3 Å². The number of nitrogens with two attached hydrogens (primary N) is 1. The molecule has 166 valence electrons. The first-order chi connectivity index (χ1) is 14.8. The molecule has 1 aliphatic carbocycles. The van der Waals surface area contributed by atoms with E-state index >= 15 is 0 Å². The lowest BCUT2D eigenvalue weighted by atomic mass is 9.86. The summed E-state index contributed by atoms with van der Waals surface area (Å²) in [6.45, 7) is 3.02. The van der Waals surface area contributed by atoms with Crippen LogP contribution in [-0.2, 0) is 20.8 Å². The molecule has 6 heteroatoms. The summed E-state index contributed by atoms with van der Waals surface area (Å²) in [6.07, 6.45) is 11.1. The third-order valence-electron chi connectivity index (χ3n) is 5.73. The van der Waals surface area contributed by atoms with Gasteiger partial charge in [0.25, 0.3) is 0 Å². The maximum absolute atomic E-state index is 11.5. The summed E-state index contributed by atoms with van der Waals surface area (Å²) < 4.78 is 6.95. The minimum absolute atomic E-state index is 0.194. The Hall–Kier alpha value is -2.37. The summed E-state index contributed by atoms with van der Waals surface area (Å²) in [7, 11) is 0. The molecule has 1 unspecified atom stereocenters. The lowest BCUT2D eigenvalue weighted by Crippen LogP contribution is -2.33. The first-order valence-electron chi connectivity index (χ1n) is 11.6. The van der Waals surface area contributed by atoms with Crippen molar-refractivity contribution < 1.29 is 20.9 Å². The Morgan fingerprint density at radius 1 is 1.13 bits per heavy atom. The van der Waals surface area contributed by atoms with E-state index in [0.717, 1.165) is 49.8 Å². The van der Waals surface area contributed by atoms with Crippen molar-refractivity contribution in [3.05, 3.63) is 35.4 Å². The number of nitrogens with zero attached hydrogens (tertiary/aromatic N) is 1. The minimum Gasteiger partial charge on any atom is -0.478 e. The number of oxime groups is 1. The summed E-state index contributed by atoms with van der Waals surface area (Å²) in [4.78, 5) is 28.3. The van der Waals surface area contributed by atoms with E-state index in [4.69, 9.17) is 6.25 Å². The highest BCUT2D eigenvalue weighted by molar-refractivity contribution is 5.85. The van der Waals surface area contributed by atoms with Gasteiger partial charge in [0.1, 0.15) is 0 Å². The molecule has 1 fully saturated rings. The topological polar surface area (TPSA) is 102 Å². The van der Waals surface area contributed by atoms with Crippen molar-refractivity contribution in [2.24, 2.45) is 10.9 Å². The fourth-order valence-corrected chi connectivity index (χ4v) is 3.77. The molecule has 2 rings (SSSR count). The number of aliphatic carboxylic acids is 1. The molecule has 0 bridgehead atoms. The van der Waals surface area contributed by atoms with Gasteiger partial charge in [-0.2, -0.15) is 0 Å². The van der Waals surface area contributed by atoms with E-state index in [1.807, 2.05) is 17.9 Å². The van der Waals surface area contributed by atoms with Crippen LogP contribution < -0.4 is 5.73 Å². The zero-order valence-corrected chi connectivity index (χ0v) is 18.3. The van der Waals surface area contributed by atoms with Crippen molar-refractivity contribution in [3.63, 3.8) is 0 Å². The number of carbonyl (C=O) groups excluding carboxylic acids is 1. The molecule has 0 heterocycles. The van der Waals surface area contributed by atoms with Crippen molar-refractivity contribution in [2.45, 2.75) is 96.0 Å². The number of hydrogen-bond acceptors (Lipinski definition) is 4. The molecule has 30 heavy (non-hydrogen) atoms. The molecule has 1 amide bonds. The average Bonchev–Trinajstić information content (AvgIpc) is 2.74. The van der Waals surface area contributed by atoms with E-state index in [1.54, 1.807) is 0 Å². The second-order valence-electron chi connectivity index (χ2n) is 8.82. The van der Waals surface area contributed by atoms with Crippen LogP contribution in [0.1, 0.15) is 95.1 Å². The van der Waals surface area contributed by atoms with Gasteiger partial charge < -0.3 is 15.7 Å². The van der Waals surface area contributed by atoms with Crippen LogP contribution >= 0.6 is 0 Å². The third kappa shape index (κ3) is 8.17. The van der Waals surface area contributed by atoms with E-state index in [9.17, 15) is 14.7 Å². The molecule has 0 saturated heterocycles. The highest BCUT2D eigenvalue weighted by atomic mass is 16.7. The number of carboxylic acid groups (broad SMARTS) is 1. The standard InChI is InChI=1S/C24H36N2O4/c1-24(2,23(28)29)30-26-21-11-9-7-5-3-4-6-8-10-20(17-21)19-14-12-18(13-15-19)16-22(25)27/h12-15,20H,3-11,16-17H2,1-2H3,(H2,25,27)(H,28,29)/b26-21+/i/hD. The predicted molar refractivity (Wildman–Crippen MR) is 118 cm³/mol. The zero-order valence-electron chi connectivity index (χ0n) is 19.3. The van der Waals surface area contributed by atoms with Crippen molar-refractivity contribution in [2.75, 3.05) is 0 Å². The van der Waals surface area contributed by atoms with Gasteiger partial charge in [-0.05, 0) is 56.6 Å². The summed E-state index contributed by atoms with van der Waals surface area (Å²) in [5, 5.41) is 13.6. The highest BCUT2D eigenvalue weighted by Crippen LogP contribution is 2.29. The Morgan fingerprint density at radius 3 is 2.40 bits per heavy atom. The van der Waals surface area contributed by atoms with Crippen LogP contribution in [0.3, 0.4) is 0 Å². The number of hydrogen-bond donors (Lipinski definition) is 2. The molecule has 1 aromatic carbocycles. The Morgan fingerprint density at radius 2 is 1.77 bits per heavy atom. The maximum atomic E-state index is 11.5. The second-order valence-corrected chi connectivity index (χ2v) is 8.82. The quantitative estimate of drug-likeness (QED) is 0.639. The fourth-order valence-electron chi connectivity index (χ4n) is 3.77. The number of carbonyl (C=O) groups is 2. The van der Waals surface area contributed by atoms with E-state index in [1.165, 1.54) is 45.1 Å². The van der Waals surface area contributed by atoms with Crippen molar-refractivity contribution in [3.8, 4) is 0 Å². The average molecular weight is 418 g/mol. The monoisotopic (exact) mass is 417 g/mol. The molecule has 1 saturated carbocycles. The van der Waals surface area contributed by atoms with Crippen molar-refractivity contribution in [1.82, 2.24) is 0 Å². The van der Waals surface area contributed by atoms with Gasteiger partial charge in [0.15, 0.2) is 1.41 Å². The van der Waals surface area contributed by atoms with Gasteiger partial charge in [0, 0.05) is 0 Å². The first kappa shape index (κ1) is 22.3. The maximum Gasteiger partial charge on any atom is 0.350 e. The number of primary amides is 1. The van der Waals surface area contributed by atoms with E-state index in [0.29, 0.717) is 0 Å². The third-order valence-corrected chi connectivity index (χ3v) is 5.73. The normalized spacial score (nSPS) is 21.1. The molecule has 1 aliphatic rings. The molecule has 0 spiro atoms. The van der Waals surface area contributed by atoms with E-state index in [-0.39, 0.29) is 18.2 Å². The molecule has 0 aliphatic heterocycles. The molecule has 1 atom stereocenters. The molecule has 3 N–H and O–H groups in total. The summed E-state index contributed by atoms with van der Waals surface area (Å²) in [6, 6.07) is 8.01. The number of rotatable bonds is 6. The Balaban J connectivity index is 2.19. The summed E-state index contributed by atoms with van der Waals surface area (Å²) in [5.41, 5.74) is 3.54. The smallest absolute Gasteiger partial charge is 0.350 e. The SMILES string of the molecule is [2H]NC(=O)Cc1ccc(C2CCCCCCCCC/C(=N\OC(C)(C)C(=O)O)C2)cc1. The summed E-state index contributed by atoms with van der Waals surface area (Å²) >= 11 is 0. The molecule has 0 aromatic heterocycles. The fraction of sp³-hybridized carbons (Fsp3) is 0.625. The van der Waals surface area contributed by atoms with Crippen molar-refractivity contribution >= 4 is 17.6 Å². The van der Waals surface area contributed by atoms with Crippen LogP contribution in [0.4, 0.5) is 0 Å². The largest absolute Gasteiger partial charge is 0.478 e. The van der Waals surface area contributed by atoms with Crippen LogP contribution in [-0.4, -0.2) is 28.3 Å². The Kier molecular flexibility index (Phi) is 8.72. The van der Waals surface area contributed by atoms with Crippen LogP contribution in [0.5, 0.6) is 0 Å². The Bertz CT molecular complexity index is 746. The van der Waals surface area contributed by atoms with Crippen molar-refractivity contribution in [1.29, 1.82) is 0 Å². The molecule has 0 radical (unpaired) electrons. The number of benzene rings is 1. The van der Waals surface area contributed by atoms with Gasteiger partial charge in [0.05, 0.1) is 12.1 Å². The predicted octanol–water partition coefficient (Wildman–Crippen LogP) is 4.95. The molecular weight excluding hydrogens is 380 g/mol. The van der Waals surface area contributed by atoms with Gasteiger partial charge in [-0.1, -0.05) is 67.9 Å². The van der Waals surface area contributed by atoms with Gasteiger partial charge in [0.2, 0.25) is 11.5 Å². The lowest BCUT2D eigenvalue weighted by Gasteiger charge is -2.22. The van der Waals surface area contributed by atoms with Gasteiger partial charge in [-0.25, -0.2) is 4.79 Å². The van der Waals surface area contributed by atoms with Crippen LogP contribution in [0.15, 0.2) is 29.4 Å². The number of amides is 1. The number of carboxylic acids is 1. The zero-order chi connectivity index (χ0) is 22.7. The minimum atomic E-state index is -1.35. The van der Waals surface area contributed by atoms with Gasteiger partial charge >= 0.3 is 5.97 Å². The first-order valence-corrected chi connectivity index (χ1v) is 11.1. The highest BCUT2D eigenvalue weighted by Gasteiger charge is 2.30. The van der Waals surface area contributed by atoms with Crippen LogP contribution in [0, 0.1) is 0 Å². The van der Waals surface area contributed by atoms with Crippen LogP contribution in [0.25, 0.3) is 0 Å². The molecule has 1 aromatic rings. The van der Waals surface area contributed by atoms with Gasteiger partial charge in [-0.3, -0.25) is 4.79 Å². The Labute approximate surface area is 181 Å². The molecule has 6 nitrogen and oxygen atoms in total. The van der Waals surface area contributed by atoms with E-state index < -0.39 is 11.6 Å². The second kappa shape index (κ2) is 11.7. The van der Waals surface area contributed by atoms with Gasteiger partial charge in [-0.15, -0.1) is 0 Å². The summed E-state index contributed by atoms with van der Waals surface area (Å²) in [5.74, 6) is -1.09. The molecular formula is C24H36N2O4. The lowest BCUT2D eigenvalue weighted by molar-refractivity contribution is -0.161.